The number of hydrogen-bond donors (Lipinski definition) is 1. The molecule has 2 heterocycles. The quantitative estimate of drug-likeness (QED) is 0.936. The van der Waals surface area contributed by atoms with Crippen molar-refractivity contribution in [3.05, 3.63) is 35.5 Å². The minimum atomic E-state index is 0.791. The van der Waals surface area contributed by atoms with Gasteiger partial charge in [0, 0.05) is 36.5 Å². The maximum atomic E-state index is 5.24. The van der Waals surface area contributed by atoms with Crippen LogP contribution in [0.2, 0.25) is 0 Å². The number of benzene rings is 1. The van der Waals surface area contributed by atoms with Gasteiger partial charge in [-0.25, -0.2) is 9.97 Å². The van der Waals surface area contributed by atoms with Gasteiger partial charge < -0.3 is 15.0 Å². The van der Waals surface area contributed by atoms with Gasteiger partial charge in [-0.3, -0.25) is 0 Å². The Morgan fingerprint density at radius 3 is 2.62 bits per heavy atom. The van der Waals surface area contributed by atoms with Crippen molar-refractivity contribution in [2.24, 2.45) is 0 Å². The summed E-state index contributed by atoms with van der Waals surface area (Å²) in [6.45, 7) is 8.38. The van der Waals surface area contributed by atoms with Crippen molar-refractivity contribution >= 4 is 5.82 Å². The summed E-state index contributed by atoms with van der Waals surface area (Å²) in [6, 6.07) is 7.95. The fourth-order valence-corrected chi connectivity index (χ4v) is 3.18. The summed E-state index contributed by atoms with van der Waals surface area (Å²) in [5.74, 6) is 2.73. The van der Waals surface area contributed by atoms with Gasteiger partial charge in [0.1, 0.15) is 11.6 Å². The summed E-state index contributed by atoms with van der Waals surface area (Å²) < 4.78 is 5.24. The van der Waals surface area contributed by atoms with Crippen molar-refractivity contribution in [1.29, 1.82) is 0 Å². The molecule has 1 N–H and O–H groups in total. The minimum Gasteiger partial charge on any atom is -0.497 e. The molecule has 0 bridgehead atoms. The zero-order chi connectivity index (χ0) is 16.9. The van der Waals surface area contributed by atoms with Gasteiger partial charge in [0.25, 0.3) is 0 Å². The number of nitrogens with zero attached hydrogens (tertiary/aromatic N) is 3. The third-order valence-electron chi connectivity index (χ3n) is 4.53. The second-order valence-electron chi connectivity index (χ2n) is 6.11. The molecule has 1 aromatic heterocycles. The topological polar surface area (TPSA) is 50.3 Å². The molecule has 5 heteroatoms. The van der Waals surface area contributed by atoms with Crippen LogP contribution in [0, 0.1) is 6.92 Å². The first-order chi connectivity index (χ1) is 11.7. The summed E-state index contributed by atoms with van der Waals surface area (Å²) in [6.07, 6.45) is 2.10. The molecule has 1 fully saturated rings. The molecule has 2 aromatic rings. The molecule has 24 heavy (non-hydrogen) atoms. The van der Waals surface area contributed by atoms with E-state index < -0.39 is 0 Å². The van der Waals surface area contributed by atoms with Crippen LogP contribution in [0.5, 0.6) is 5.75 Å². The first-order valence-corrected chi connectivity index (χ1v) is 8.70. The van der Waals surface area contributed by atoms with Crippen LogP contribution in [0.1, 0.15) is 24.6 Å². The first kappa shape index (κ1) is 16.7. The number of ether oxygens (including phenoxy) is 1. The van der Waals surface area contributed by atoms with Crippen molar-refractivity contribution < 1.29 is 4.74 Å². The molecule has 1 aromatic carbocycles. The average Bonchev–Trinajstić information content (AvgIpc) is 2.90. The van der Waals surface area contributed by atoms with Crippen molar-refractivity contribution in [1.82, 2.24) is 15.3 Å². The predicted octanol–water partition coefficient (Wildman–Crippen LogP) is 2.82. The number of hydrogen-bond acceptors (Lipinski definition) is 5. The summed E-state index contributed by atoms with van der Waals surface area (Å²) in [5.41, 5.74) is 3.36. The highest BCUT2D eigenvalue weighted by Crippen LogP contribution is 2.27. The van der Waals surface area contributed by atoms with Gasteiger partial charge in [0.05, 0.1) is 7.11 Å². The summed E-state index contributed by atoms with van der Waals surface area (Å²) >= 11 is 0. The van der Waals surface area contributed by atoms with E-state index in [0.717, 1.165) is 67.7 Å². The molecule has 0 unspecified atom stereocenters. The molecule has 0 spiro atoms. The normalized spacial score (nSPS) is 15.2. The molecule has 0 amide bonds. The Kier molecular flexibility index (Phi) is 5.30. The molecule has 5 nitrogen and oxygen atoms in total. The second-order valence-corrected chi connectivity index (χ2v) is 6.11. The van der Waals surface area contributed by atoms with E-state index in [9.17, 15) is 0 Å². The van der Waals surface area contributed by atoms with E-state index in [2.05, 4.69) is 24.1 Å². The van der Waals surface area contributed by atoms with Gasteiger partial charge in [-0.2, -0.15) is 0 Å². The molecule has 128 valence electrons. The van der Waals surface area contributed by atoms with Gasteiger partial charge in [0.2, 0.25) is 0 Å². The number of rotatable bonds is 4. The van der Waals surface area contributed by atoms with Crippen molar-refractivity contribution in [3.63, 3.8) is 0 Å². The molecular weight excluding hydrogens is 300 g/mol. The number of methoxy groups -OCH3 is 1. The number of aromatic nitrogens is 2. The Labute approximate surface area is 144 Å². The lowest BCUT2D eigenvalue weighted by molar-refractivity contribution is 0.415. The van der Waals surface area contributed by atoms with E-state index >= 15 is 0 Å². The average molecular weight is 326 g/mol. The Balaban J connectivity index is 2.01. The van der Waals surface area contributed by atoms with E-state index in [1.807, 2.05) is 24.3 Å². The zero-order valence-electron chi connectivity index (χ0n) is 14.8. The Morgan fingerprint density at radius 1 is 1.12 bits per heavy atom. The molecular formula is C19H26N4O. The molecule has 0 aliphatic carbocycles. The van der Waals surface area contributed by atoms with Gasteiger partial charge in [-0.05, 0) is 50.6 Å². The number of nitrogens with one attached hydrogen (secondary N) is 1. The minimum absolute atomic E-state index is 0.791. The van der Waals surface area contributed by atoms with Gasteiger partial charge >= 0.3 is 0 Å². The summed E-state index contributed by atoms with van der Waals surface area (Å²) in [4.78, 5) is 12.1. The van der Waals surface area contributed by atoms with E-state index in [1.165, 1.54) is 5.56 Å². The van der Waals surface area contributed by atoms with Crippen LogP contribution in [-0.4, -0.2) is 43.3 Å². The molecule has 1 saturated heterocycles. The fourth-order valence-electron chi connectivity index (χ4n) is 3.18. The highest BCUT2D eigenvalue weighted by atomic mass is 16.5. The highest BCUT2D eigenvalue weighted by Gasteiger charge is 2.18. The van der Waals surface area contributed by atoms with Crippen LogP contribution in [0.3, 0.4) is 0 Å². The van der Waals surface area contributed by atoms with Crippen LogP contribution in [0.15, 0.2) is 24.3 Å². The van der Waals surface area contributed by atoms with Crippen LogP contribution in [-0.2, 0) is 6.42 Å². The standard InChI is InChI=1S/C19H26N4O/c1-4-17-14(2)21-18(15-6-8-16(24-3)9-7-15)22-19(17)23-12-5-10-20-11-13-23/h6-9,20H,4-5,10-13H2,1-3H3. The lowest BCUT2D eigenvalue weighted by Gasteiger charge is -2.25. The SMILES string of the molecule is CCc1c(C)nc(-c2ccc(OC)cc2)nc1N1CCCNCC1. The Bertz CT molecular complexity index is 677. The van der Waals surface area contributed by atoms with Crippen molar-refractivity contribution in [2.75, 3.05) is 38.2 Å². The maximum Gasteiger partial charge on any atom is 0.161 e. The molecule has 1 aliphatic rings. The Hall–Kier alpha value is -2.14. The second kappa shape index (κ2) is 7.62. The number of anilines is 1. The van der Waals surface area contributed by atoms with E-state index in [1.54, 1.807) is 7.11 Å². The van der Waals surface area contributed by atoms with E-state index in [0.29, 0.717) is 0 Å². The summed E-state index contributed by atoms with van der Waals surface area (Å²) in [7, 11) is 1.68. The molecule has 3 rings (SSSR count). The third kappa shape index (κ3) is 3.51. The smallest absolute Gasteiger partial charge is 0.161 e. The molecule has 0 saturated carbocycles. The largest absolute Gasteiger partial charge is 0.497 e. The van der Waals surface area contributed by atoms with Gasteiger partial charge in [-0.15, -0.1) is 0 Å². The monoisotopic (exact) mass is 326 g/mol. The van der Waals surface area contributed by atoms with Crippen LogP contribution < -0.4 is 15.0 Å². The van der Waals surface area contributed by atoms with Gasteiger partial charge in [0.15, 0.2) is 5.82 Å². The first-order valence-electron chi connectivity index (χ1n) is 8.70. The van der Waals surface area contributed by atoms with Crippen molar-refractivity contribution in [3.8, 4) is 17.1 Å². The fraction of sp³-hybridized carbons (Fsp3) is 0.474. The number of aryl methyl sites for hydroxylation is 1. The molecule has 1 aliphatic heterocycles. The van der Waals surface area contributed by atoms with E-state index in [4.69, 9.17) is 14.7 Å². The summed E-state index contributed by atoms with van der Waals surface area (Å²) in [5, 5.41) is 3.46. The predicted molar refractivity (Wildman–Crippen MR) is 97.8 cm³/mol. The van der Waals surface area contributed by atoms with Crippen LogP contribution >= 0.6 is 0 Å². The third-order valence-corrected chi connectivity index (χ3v) is 4.53. The highest BCUT2D eigenvalue weighted by molar-refractivity contribution is 5.61. The zero-order valence-corrected chi connectivity index (χ0v) is 14.8. The van der Waals surface area contributed by atoms with Crippen LogP contribution in [0.25, 0.3) is 11.4 Å². The molecule has 0 atom stereocenters. The lowest BCUT2D eigenvalue weighted by atomic mass is 10.1. The molecule has 0 radical (unpaired) electrons. The Morgan fingerprint density at radius 2 is 1.92 bits per heavy atom. The van der Waals surface area contributed by atoms with Crippen LogP contribution in [0.4, 0.5) is 5.82 Å². The van der Waals surface area contributed by atoms with Crippen molar-refractivity contribution in [2.45, 2.75) is 26.7 Å². The lowest BCUT2D eigenvalue weighted by Crippen LogP contribution is -2.30. The van der Waals surface area contributed by atoms with E-state index in [-0.39, 0.29) is 0 Å². The maximum absolute atomic E-state index is 5.24. The van der Waals surface area contributed by atoms with Gasteiger partial charge in [-0.1, -0.05) is 6.92 Å².